The summed E-state index contributed by atoms with van der Waals surface area (Å²) in [6, 6.07) is 18.9. The fraction of sp³-hybridized carbons (Fsp3) is 0.286. The van der Waals surface area contributed by atoms with E-state index in [9.17, 15) is 9.59 Å². The number of ether oxygens (including phenoxy) is 1. The van der Waals surface area contributed by atoms with Crippen LogP contribution in [-0.4, -0.2) is 30.4 Å². The summed E-state index contributed by atoms with van der Waals surface area (Å²) < 4.78 is 11.2. The third-order valence-electron chi connectivity index (χ3n) is 6.45. The molecule has 1 aliphatic rings. The zero-order chi connectivity index (χ0) is 24.2. The van der Waals surface area contributed by atoms with Crippen molar-refractivity contribution >= 4 is 28.2 Å². The summed E-state index contributed by atoms with van der Waals surface area (Å²) in [5.74, 6) is 0.549. The van der Waals surface area contributed by atoms with Gasteiger partial charge in [0.15, 0.2) is 0 Å². The summed E-state index contributed by atoms with van der Waals surface area (Å²) >= 11 is 1.74. The Labute approximate surface area is 208 Å². The molecular weight excluding hydrogens is 460 g/mol. The second kappa shape index (κ2) is 10.5. The molecule has 1 amide bonds. The maximum atomic E-state index is 12.8. The van der Waals surface area contributed by atoms with Crippen molar-refractivity contribution in [3.63, 3.8) is 0 Å². The average molecular weight is 489 g/mol. The molecule has 2 aromatic heterocycles. The Morgan fingerprint density at radius 3 is 2.66 bits per heavy atom. The van der Waals surface area contributed by atoms with Gasteiger partial charge in [-0.2, -0.15) is 0 Å². The molecule has 1 fully saturated rings. The third-order valence-corrected chi connectivity index (χ3v) is 7.43. The van der Waals surface area contributed by atoms with Crippen LogP contribution in [0.4, 0.5) is 0 Å². The summed E-state index contributed by atoms with van der Waals surface area (Å²) in [5, 5.41) is 6.11. The number of hydrogen-bond acceptors (Lipinski definition) is 6. The fourth-order valence-electron chi connectivity index (χ4n) is 4.55. The average Bonchev–Trinajstić information content (AvgIpc) is 3.58. The van der Waals surface area contributed by atoms with Gasteiger partial charge in [-0.3, -0.25) is 9.69 Å². The van der Waals surface area contributed by atoms with E-state index < -0.39 is 0 Å². The van der Waals surface area contributed by atoms with Gasteiger partial charge in [-0.1, -0.05) is 18.2 Å². The number of aryl methyl sites for hydroxylation is 1. The molecule has 7 heteroatoms. The summed E-state index contributed by atoms with van der Waals surface area (Å²) in [6.45, 7) is 4.99. The summed E-state index contributed by atoms with van der Waals surface area (Å²) in [7, 11) is 0. The number of hydrogen-bond donors (Lipinski definition) is 1. The molecule has 0 aliphatic carbocycles. The SMILES string of the molecule is Cc1cc(=O)oc2cc(OCc3ccc(C(=O)NCC(c4cccs4)N4CCCC4)cc3)ccc12. The second-order valence-corrected chi connectivity index (χ2v) is 9.86. The van der Waals surface area contributed by atoms with E-state index in [0.717, 1.165) is 29.6 Å². The molecule has 1 unspecified atom stereocenters. The number of carbonyl (C=O) groups excluding carboxylic acids is 1. The molecular formula is C28H28N2O4S. The lowest BCUT2D eigenvalue weighted by Crippen LogP contribution is -2.36. The van der Waals surface area contributed by atoms with Gasteiger partial charge in [-0.25, -0.2) is 4.79 Å². The Balaban J connectivity index is 1.19. The zero-order valence-electron chi connectivity index (χ0n) is 19.7. The lowest BCUT2D eigenvalue weighted by molar-refractivity contribution is 0.0938. The van der Waals surface area contributed by atoms with Crippen molar-refractivity contribution in [1.82, 2.24) is 10.2 Å². The molecule has 3 heterocycles. The predicted molar refractivity (Wildman–Crippen MR) is 138 cm³/mol. The van der Waals surface area contributed by atoms with Gasteiger partial charge >= 0.3 is 5.63 Å². The van der Waals surface area contributed by atoms with Crippen LogP contribution in [0.1, 0.15) is 45.2 Å². The molecule has 1 saturated heterocycles. The standard InChI is InChI=1S/C28H28N2O4S/c1-19-15-27(31)34-25-16-22(10-11-23(19)25)33-18-20-6-8-21(9-7-20)28(32)29-17-24(26-5-4-14-35-26)30-12-2-3-13-30/h4-11,14-16,24H,2-3,12-13,17-18H2,1H3,(H,29,32). The number of likely N-dealkylation sites (tertiary alicyclic amines) is 1. The third kappa shape index (κ3) is 5.47. The first-order chi connectivity index (χ1) is 17.1. The maximum Gasteiger partial charge on any atom is 0.336 e. The number of benzene rings is 2. The van der Waals surface area contributed by atoms with Gasteiger partial charge in [0.1, 0.15) is 17.9 Å². The van der Waals surface area contributed by atoms with Crippen molar-refractivity contribution in [2.24, 2.45) is 0 Å². The molecule has 1 N–H and O–H groups in total. The van der Waals surface area contributed by atoms with Gasteiger partial charge < -0.3 is 14.5 Å². The van der Waals surface area contributed by atoms with Crippen LogP contribution in [0.3, 0.4) is 0 Å². The van der Waals surface area contributed by atoms with Crippen molar-refractivity contribution in [1.29, 1.82) is 0 Å². The van der Waals surface area contributed by atoms with Crippen LogP contribution in [0.5, 0.6) is 5.75 Å². The lowest BCUT2D eigenvalue weighted by atomic mass is 10.1. The molecule has 1 atom stereocenters. The van der Waals surface area contributed by atoms with Crippen molar-refractivity contribution in [2.45, 2.75) is 32.4 Å². The van der Waals surface area contributed by atoms with Crippen molar-refractivity contribution in [3.8, 4) is 5.75 Å². The summed E-state index contributed by atoms with van der Waals surface area (Å²) in [5.41, 5.74) is 2.58. The molecule has 0 radical (unpaired) electrons. The van der Waals surface area contributed by atoms with Gasteiger partial charge in [0.2, 0.25) is 0 Å². The number of nitrogens with zero attached hydrogens (tertiary/aromatic N) is 1. The molecule has 5 rings (SSSR count). The minimum atomic E-state index is -0.372. The quantitative estimate of drug-likeness (QED) is 0.341. The van der Waals surface area contributed by atoms with E-state index in [1.807, 2.05) is 43.3 Å². The van der Waals surface area contributed by atoms with E-state index in [1.54, 1.807) is 17.4 Å². The van der Waals surface area contributed by atoms with Gasteiger partial charge in [0.05, 0.1) is 6.04 Å². The van der Waals surface area contributed by atoms with Crippen LogP contribution >= 0.6 is 11.3 Å². The Morgan fingerprint density at radius 1 is 1.11 bits per heavy atom. The summed E-state index contributed by atoms with van der Waals surface area (Å²) in [6.07, 6.45) is 2.43. The minimum absolute atomic E-state index is 0.0712. The van der Waals surface area contributed by atoms with Crippen molar-refractivity contribution in [2.75, 3.05) is 19.6 Å². The molecule has 0 saturated carbocycles. The molecule has 6 nitrogen and oxygen atoms in total. The maximum absolute atomic E-state index is 12.8. The van der Waals surface area contributed by atoms with E-state index in [0.29, 0.717) is 30.0 Å². The molecule has 0 spiro atoms. The smallest absolute Gasteiger partial charge is 0.336 e. The highest BCUT2D eigenvalue weighted by atomic mass is 32.1. The van der Waals surface area contributed by atoms with E-state index in [1.165, 1.54) is 23.8 Å². The lowest BCUT2D eigenvalue weighted by Gasteiger charge is -2.27. The molecule has 4 aromatic rings. The fourth-order valence-corrected chi connectivity index (χ4v) is 5.41. The Kier molecular flexibility index (Phi) is 6.97. The number of rotatable bonds is 8. The predicted octanol–water partition coefficient (Wildman–Crippen LogP) is 5.31. The van der Waals surface area contributed by atoms with Gasteiger partial charge in [-0.05, 0) is 79.7 Å². The van der Waals surface area contributed by atoms with Crippen LogP contribution in [0.2, 0.25) is 0 Å². The Morgan fingerprint density at radius 2 is 1.91 bits per heavy atom. The first-order valence-corrected chi connectivity index (χ1v) is 12.8. The van der Waals surface area contributed by atoms with Crippen molar-refractivity contribution in [3.05, 3.63) is 98.0 Å². The molecule has 2 aromatic carbocycles. The first kappa shape index (κ1) is 23.3. The molecule has 180 valence electrons. The van der Waals surface area contributed by atoms with Crippen LogP contribution in [-0.2, 0) is 6.61 Å². The molecule has 1 aliphatic heterocycles. The number of amides is 1. The first-order valence-electron chi connectivity index (χ1n) is 11.9. The topological polar surface area (TPSA) is 71.8 Å². The van der Waals surface area contributed by atoms with Gasteiger partial charge in [-0.15, -0.1) is 11.3 Å². The monoisotopic (exact) mass is 488 g/mol. The van der Waals surface area contributed by atoms with Crippen LogP contribution in [0.15, 0.2) is 75.3 Å². The largest absolute Gasteiger partial charge is 0.489 e. The van der Waals surface area contributed by atoms with Gasteiger partial charge in [0, 0.05) is 34.5 Å². The molecule has 35 heavy (non-hydrogen) atoms. The number of carbonyl (C=O) groups is 1. The summed E-state index contributed by atoms with van der Waals surface area (Å²) in [4.78, 5) is 28.2. The second-order valence-electron chi connectivity index (χ2n) is 8.88. The Bertz CT molecular complexity index is 1360. The van der Waals surface area contributed by atoms with E-state index >= 15 is 0 Å². The number of nitrogens with one attached hydrogen (secondary N) is 1. The Hall–Kier alpha value is -3.42. The van der Waals surface area contributed by atoms with Gasteiger partial charge in [0.25, 0.3) is 5.91 Å². The molecule has 0 bridgehead atoms. The highest BCUT2D eigenvalue weighted by molar-refractivity contribution is 7.10. The van der Waals surface area contributed by atoms with E-state index in [4.69, 9.17) is 9.15 Å². The number of thiophene rings is 1. The zero-order valence-corrected chi connectivity index (χ0v) is 20.5. The van der Waals surface area contributed by atoms with Crippen LogP contribution in [0.25, 0.3) is 11.0 Å². The van der Waals surface area contributed by atoms with Crippen molar-refractivity contribution < 1.29 is 13.9 Å². The van der Waals surface area contributed by atoms with Crippen LogP contribution < -0.4 is 15.7 Å². The highest BCUT2D eigenvalue weighted by Crippen LogP contribution is 2.28. The normalized spacial score (nSPS) is 14.8. The minimum Gasteiger partial charge on any atom is -0.489 e. The van der Waals surface area contributed by atoms with Crippen LogP contribution in [0, 0.1) is 6.92 Å². The van der Waals surface area contributed by atoms with E-state index in [2.05, 4.69) is 27.7 Å². The number of fused-ring (bicyclic) bond motifs is 1. The highest BCUT2D eigenvalue weighted by Gasteiger charge is 2.24. The van der Waals surface area contributed by atoms with E-state index in [-0.39, 0.29) is 17.6 Å².